The van der Waals surface area contributed by atoms with E-state index in [1.54, 1.807) is 0 Å². The molecule has 3 N–H and O–H groups in total. The van der Waals surface area contributed by atoms with Gasteiger partial charge in [-0.2, -0.15) is 0 Å². The summed E-state index contributed by atoms with van der Waals surface area (Å²) in [7, 11) is 0. The van der Waals surface area contributed by atoms with Crippen LogP contribution in [0.5, 0.6) is 0 Å². The molecule has 0 radical (unpaired) electrons. The van der Waals surface area contributed by atoms with Gasteiger partial charge in [0.15, 0.2) is 0 Å². The van der Waals surface area contributed by atoms with Crippen molar-refractivity contribution in [2.24, 2.45) is 0 Å². The van der Waals surface area contributed by atoms with E-state index in [0.717, 1.165) is 6.42 Å². The number of aryl methyl sites for hydroxylation is 2. The van der Waals surface area contributed by atoms with Crippen LogP contribution in [0.15, 0.2) is 18.2 Å². The molecule has 1 rings (SSSR count). The highest BCUT2D eigenvalue weighted by atomic mass is 16.3. The van der Waals surface area contributed by atoms with Gasteiger partial charge < -0.3 is 15.7 Å². The van der Waals surface area contributed by atoms with Crippen LogP contribution in [0.3, 0.4) is 0 Å². The summed E-state index contributed by atoms with van der Waals surface area (Å²) in [6, 6.07) is 6.15. The highest BCUT2D eigenvalue weighted by Gasteiger charge is 1.99. The molecule has 0 aliphatic heterocycles. The van der Waals surface area contributed by atoms with E-state index in [0.29, 0.717) is 6.54 Å². The van der Waals surface area contributed by atoms with E-state index in [-0.39, 0.29) is 19.2 Å². The summed E-state index contributed by atoms with van der Waals surface area (Å²) in [5.41, 5.74) is 3.71. The Balaban J connectivity index is 2.33. The van der Waals surface area contributed by atoms with Crippen molar-refractivity contribution in [3.63, 3.8) is 0 Å². The van der Waals surface area contributed by atoms with Crippen LogP contribution in [-0.2, 0) is 6.42 Å². The minimum atomic E-state index is -0.233. The van der Waals surface area contributed by atoms with Crippen LogP contribution in [0.25, 0.3) is 0 Å². The minimum Gasteiger partial charge on any atom is -0.395 e. The van der Waals surface area contributed by atoms with E-state index in [2.05, 4.69) is 42.7 Å². The molecule has 17 heavy (non-hydrogen) atoms. The normalized spacial score (nSPS) is 10.1. The van der Waals surface area contributed by atoms with Gasteiger partial charge in [-0.1, -0.05) is 29.3 Å². The third kappa shape index (κ3) is 5.36. The molecule has 0 atom stereocenters. The Morgan fingerprint density at radius 2 is 1.71 bits per heavy atom. The van der Waals surface area contributed by atoms with Gasteiger partial charge in [0.05, 0.1) is 6.61 Å². The summed E-state index contributed by atoms with van der Waals surface area (Å²) >= 11 is 0. The Kier molecular flexibility index (Phi) is 5.49. The van der Waals surface area contributed by atoms with Crippen LogP contribution in [0, 0.1) is 13.8 Å². The zero-order valence-corrected chi connectivity index (χ0v) is 10.4. The van der Waals surface area contributed by atoms with E-state index < -0.39 is 0 Å². The highest BCUT2D eigenvalue weighted by molar-refractivity contribution is 5.73. The number of urea groups is 1. The van der Waals surface area contributed by atoms with Gasteiger partial charge in [0.2, 0.25) is 0 Å². The number of aliphatic hydroxyl groups is 1. The third-order valence-corrected chi connectivity index (χ3v) is 2.38. The number of carbonyl (C=O) groups is 1. The average molecular weight is 236 g/mol. The van der Waals surface area contributed by atoms with Crippen molar-refractivity contribution >= 4 is 6.03 Å². The van der Waals surface area contributed by atoms with Gasteiger partial charge >= 0.3 is 6.03 Å². The van der Waals surface area contributed by atoms with Crippen molar-refractivity contribution in [1.29, 1.82) is 0 Å². The topological polar surface area (TPSA) is 61.4 Å². The van der Waals surface area contributed by atoms with E-state index in [9.17, 15) is 4.79 Å². The van der Waals surface area contributed by atoms with Crippen LogP contribution in [-0.4, -0.2) is 30.8 Å². The summed E-state index contributed by atoms with van der Waals surface area (Å²) in [5.74, 6) is 0. The van der Waals surface area contributed by atoms with Crippen LogP contribution in [0.4, 0.5) is 4.79 Å². The number of aliphatic hydroxyl groups excluding tert-OH is 1. The van der Waals surface area contributed by atoms with Gasteiger partial charge in [-0.15, -0.1) is 0 Å². The predicted molar refractivity (Wildman–Crippen MR) is 68.1 cm³/mol. The predicted octanol–water partition coefficient (Wildman–Crippen LogP) is 1.14. The smallest absolute Gasteiger partial charge is 0.314 e. The fourth-order valence-corrected chi connectivity index (χ4v) is 1.77. The summed E-state index contributed by atoms with van der Waals surface area (Å²) in [4.78, 5) is 11.2. The van der Waals surface area contributed by atoms with E-state index in [1.807, 2.05) is 0 Å². The third-order valence-electron chi connectivity index (χ3n) is 2.38. The SMILES string of the molecule is Cc1cc(C)cc(CCNC(=O)NCCO)c1. The van der Waals surface area contributed by atoms with Gasteiger partial charge in [-0.3, -0.25) is 0 Å². The summed E-state index contributed by atoms with van der Waals surface area (Å²) in [6.07, 6.45) is 0.815. The summed E-state index contributed by atoms with van der Waals surface area (Å²) in [6.45, 7) is 4.98. The molecule has 4 heteroatoms. The number of rotatable bonds is 5. The van der Waals surface area contributed by atoms with Crippen molar-refractivity contribution in [3.8, 4) is 0 Å². The lowest BCUT2D eigenvalue weighted by molar-refractivity contribution is 0.234. The maximum Gasteiger partial charge on any atom is 0.314 e. The molecule has 0 aliphatic carbocycles. The Bertz CT molecular complexity index is 357. The van der Waals surface area contributed by atoms with Crippen LogP contribution in [0.1, 0.15) is 16.7 Å². The molecular weight excluding hydrogens is 216 g/mol. The van der Waals surface area contributed by atoms with Crippen LogP contribution >= 0.6 is 0 Å². The molecule has 0 aromatic heterocycles. The highest BCUT2D eigenvalue weighted by Crippen LogP contribution is 2.08. The van der Waals surface area contributed by atoms with E-state index in [1.165, 1.54) is 16.7 Å². The van der Waals surface area contributed by atoms with Crippen LogP contribution in [0.2, 0.25) is 0 Å². The second-order valence-corrected chi connectivity index (χ2v) is 4.15. The molecule has 0 spiro atoms. The molecule has 0 unspecified atom stereocenters. The van der Waals surface area contributed by atoms with Crippen molar-refractivity contribution in [3.05, 3.63) is 34.9 Å². The maximum atomic E-state index is 11.2. The number of amides is 2. The standard InChI is InChI=1S/C13H20N2O2/c1-10-7-11(2)9-12(8-10)3-4-14-13(17)15-5-6-16/h7-9,16H,3-6H2,1-2H3,(H2,14,15,17). The fraction of sp³-hybridized carbons (Fsp3) is 0.462. The largest absolute Gasteiger partial charge is 0.395 e. The summed E-state index contributed by atoms with van der Waals surface area (Å²) in [5, 5.41) is 13.8. The Hall–Kier alpha value is -1.55. The Morgan fingerprint density at radius 1 is 1.12 bits per heavy atom. The molecule has 1 aromatic rings. The molecule has 0 fully saturated rings. The van der Waals surface area contributed by atoms with Gasteiger partial charge in [0.25, 0.3) is 0 Å². The van der Waals surface area contributed by atoms with Crippen molar-refractivity contribution in [2.45, 2.75) is 20.3 Å². The van der Waals surface area contributed by atoms with Crippen molar-refractivity contribution in [1.82, 2.24) is 10.6 Å². The van der Waals surface area contributed by atoms with Gasteiger partial charge in [0.1, 0.15) is 0 Å². The summed E-state index contributed by atoms with van der Waals surface area (Å²) < 4.78 is 0. The fourth-order valence-electron chi connectivity index (χ4n) is 1.77. The number of nitrogens with one attached hydrogen (secondary N) is 2. The lowest BCUT2D eigenvalue weighted by Crippen LogP contribution is -2.37. The molecule has 0 saturated heterocycles. The molecule has 0 saturated carbocycles. The Labute approximate surface area is 102 Å². The molecule has 0 bridgehead atoms. The minimum absolute atomic E-state index is 0.0372. The first-order valence-corrected chi connectivity index (χ1v) is 5.81. The van der Waals surface area contributed by atoms with E-state index >= 15 is 0 Å². The number of hydrogen-bond donors (Lipinski definition) is 3. The first-order chi connectivity index (χ1) is 8.11. The lowest BCUT2D eigenvalue weighted by atomic mass is 10.1. The zero-order chi connectivity index (χ0) is 12.7. The lowest BCUT2D eigenvalue weighted by Gasteiger charge is -2.07. The monoisotopic (exact) mass is 236 g/mol. The van der Waals surface area contributed by atoms with E-state index in [4.69, 9.17) is 5.11 Å². The molecule has 0 heterocycles. The van der Waals surface area contributed by atoms with Crippen molar-refractivity contribution < 1.29 is 9.90 Å². The Morgan fingerprint density at radius 3 is 2.29 bits per heavy atom. The second kappa shape index (κ2) is 6.91. The molecule has 4 nitrogen and oxygen atoms in total. The van der Waals surface area contributed by atoms with Gasteiger partial charge in [-0.05, 0) is 25.8 Å². The van der Waals surface area contributed by atoms with Gasteiger partial charge in [0, 0.05) is 13.1 Å². The quantitative estimate of drug-likeness (QED) is 0.718. The molecule has 2 amide bonds. The zero-order valence-electron chi connectivity index (χ0n) is 10.4. The number of hydrogen-bond acceptors (Lipinski definition) is 2. The number of benzene rings is 1. The van der Waals surface area contributed by atoms with Gasteiger partial charge in [-0.25, -0.2) is 4.79 Å². The average Bonchev–Trinajstić information content (AvgIpc) is 2.25. The first kappa shape index (κ1) is 13.5. The molecular formula is C13H20N2O2. The molecule has 1 aromatic carbocycles. The number of carbonyl (C=O) groups excluding carboxylic acids is 1. The molecule has 0 aliphatic rings. The second-order valence-electron chi connectivity index (χ2n) is 4.15. The van der Waals surface area contributed by atoms with Crippen LogP contribution < -0.4 is 10.6 Å². The molecule has 94 valence electrons. The maximum absolute atomic E-state index is 11.2. The first-order valence-electron chi connectivity index (χ1n) is 5.81. The van der Waals surface area contributed by atoms with Crippen molar-refractivity contribution in [2.75, 3.05) is 19.7 Å².